The maximum absolute atomic E-state index is 12.9. The molecule has 20 heavy (non-hydrogen) atoms. The summed E-state index contributed by atoms with van der Waals surface area (Å²) in [6.45, 7) is 3.63. The maximum Gasteiger partial charge on any atom is 0.249 e. The number of carbonyl (C=O) groups excluding carboxylic acids is 2. The Morgan fingerprint density at radius 1 is 1.35 bits per heavy atom. The van der Waals surface area contributed by atoms with Crippen LogP contribution in [0.4, 0.5) is 0 Å². The van der Waals surface area contributed by atoms with E-state index in [0.29, 0.717) is 5.75 Å². The highest BCUT2D eigenvalue weighted by molar-refractivity contribution is 7.84. The molecule has 1 N–H and O–H groups in total. The van der Waals surface area contributed by atoms with Gasteiger partial charge in [0.05, 0.1) is 0 Å². The zero-order valence-corrected chi connectivity index (χ0v) is 13.3. The molecule has 6 heteroatoms. The molecule has 1 saturated heterocycles. The molecule has 3 unspecified atom stereocenters. The highest BCUT2D eigenvalue weighted by Crippen LogP contribution is 2.34. The lowest BCUT2D eigenvalue weighted by atomic mass is 9.78. The summed E-state index contributed by atoms with van der Waals surface area (Å²) in [7, 11) is -0.981. The van der Waals surface area contributed by atoms with Gasteiger partial charge in [-0.2, -0.15) is 0 Å². The summed E-state index contributed by atoms with van der Waals surface area (Å²) < 4.78 is 11.4. The van der Waals surface area contributed by atoms with Gasteiger partial charge in [0.25, 0.3) is 0 Å². The Balaban J connectivity index is 2.26. The van der Waals surface area contributed by atoms with Crippen LogP contribution in [-0.4, -0.2) is 50.6 Å². The number of nitrogens with one attached hydrogen (secondary N) is 1. The van der Waals surface area contributed by atoms with Crippen molar-refractivity contribution in [3.05, 3.63) is 0 Å². The summed E-state index contributed by atoms with van der Waals surface area (Å²) in [6, 6.07) is -0.651. The van der Waals surface area contributed by atoms with E-state index >= 15 is 0 Å². The van der Waals surface area contributed by atoms with E-state index in [1.807, 2.05) is 6.92 Å². The predicted molar refractivity (Wildman–Crippen MR) is 78.7 cm³/mol. The van der Waals surface area contributed by atoms with E-state index in [1.54, 1.807) is 18.1 Å². The van der Waals surface area contributed by atoms with Crippen LogP contribution < -0.4 is 5.32 Å². The Bertz CT molecular complexity index is 432. The largest absolute Gasteiger partial charge is 0.340 e. The molecule has 2 amide bonds. The van der Waals surface area contributed by atoms with Gasteiger partial charge in [0.1, 0.15) is 11.6 Å². The Kier molecular flexibility index (Phi) is 4.52. The molecule has 2 rings (SSSR count). The molecule has 0 aromatic rings. The predicted octanol–water partition coefficient (Wildman–Crippen LogP) is 0.803. The molecule has 1 aliphatic heterocycles. The molecule has 2 fully saturated rings. The van der Waals surface area contributed by atoms with E-state index in [0.717, 1.165) is 32.1 Å². The quantitative estimate of drug-likeness (QED) is 0.838. The fourth-order valence-electron chi connectivity index (χ4n) is 3.44. The van der Waals surface area contributed by atoms with E-state index in [-0.39, 0.29) is 17.9 Å². The molecule has 0 aromatic carbocycles. The lowest BCUT2D eigenvalue weighted by molar-refractivity contribution is -0.158. The second-order valence-electron chi connectivity index (χ2n) is 6.11. The maximum atomic E-state index is 12.9. The van der Waals surface area contributed by atoms with E-state index < -0.39 is 22.4 Å². The van der Waals surface area contributed by atoms with Crippen LogP contribution in [0.25, 0.3) is 0 Å². The third-order valence-electron chi connectivity index (χ3n) is 4.46. The SMILES string of the molecule is CC(CS(C)=O)N1C(=O)C2(CCCCC2)NC(=O)C1C. The van der Waals surface area contributed by atoms with Gasteiger partial charge >= 0.3 is 0 Å². The van der Waals surface area contributed by atoms with E-state index in [1.165, 1.54) is 0 Å². The summed E-state index contributed by atoms with van der Waals surface area (Å²) in [5, 5.41) is 2.96. The average Bonchev–Trinajstić information content (AvgIpc) is 2.37. The number of hydrogen-bond acceptors (Lipinski definition) is 3. The second kappa shape index (κ2) is 5.84. The van der Waals surface area contributed by atoms with Crippen molar-refractivity contribution >= 4 is 22.6 Å². The van der Waals surface area contributed by atoms with Crippen molar-refractivity contribution in [1.82, 2.24) is 10.2 Å². The number of amides is 2. The monoisotopic (exact) mass is 300 g/mol. The smallest absolute Gasteiger partial charge is 0.249 e. The van der Waals surface area contributed by atoms with Crippen molar-refractivity contribution in [1.29, 1.82) is 0 Å². The molecular formula is C14H24N2O3S. The summed E-state index contributed by atoms with van der Waals surface area (Å²) in [4.78, 5) is 26.8. The van der Waals surface area contributed by atoms with Crippen molar-refractivity contribution < 1.29 is 13.8 Å². The van der Waals surface area contributed by atoms with Gasteiger partial charge in [-0.25, -0.2) is 0 Å². The Labute approximate surface area is 122 Å². The number of rotatable bonds is 3. The average molecular weight is 300 g/mol. The zero-order valence-electron chi connectivity index (χ0n) is 12.5. The molecule has 5 nitrogen and oxygen atoms in total. The fraction of sp³-hybridized carbons (Fsp3) is 0.857. The van der Waals surface area contributed by atoms with Crippen LogP contribution in [0.2, 0.25) is 0 Å². The topological polar surface area (TPSA) is 66.5 Å². The van der Waals surface area contributed by atoms with Crippen LogP contribution in [0, 0.1) is 0 Å². The molecule has 0 bridgehead atoms. The first-order chi connectivity index (χ1) is 9.37. The number of piperazine rings is 1. The minimum absolute atomic E-state index is 0.0160. The first-order valence-electron chi connectivity index (χ1n) is 7.32. The molecular weight excluding hydrogens is 276 g/mol. The van der Waals surface area contributed by atoms with Crippen LogP contribution in [0.5, 0.6) is 0 Å². The van der Waals surface area contributed by atoms with E-state index in [2.05, 4.69) is 5.32 Å². The highest BCUT2D eigenvalue weighted by Gasteiger charge is 2.50. The minimum atomic E-state index is -0.981. The lowest BCUT2D eigenvalue weighted by Gasteiger charge is -2.48. The number of carbonyl (C=O) groups is 2. The third kappa shape index (κ3) is 2.75. The van der Waals surface area contributed by atoms with Gasteiger partial charge < -0.3 is 10.2 Å². The van der Waals surface area contributed by atoms with Crippen molar-refractivity contribution in [3.63, 3.8) is 0 Å². The molecule has 1 aliphatic carbocycles. The molecule has 0 radical (unpaired) electrons. The van der Waals surface area contributed by atoms with Gasteiger partial charge in [0.15, 0.2) is 0 Å². The normalized spacial score (nSPS) is 29.1. The first-order valence-corrected chi connectivity index (χ1v) is 9.05. The van der Waals surface area contributed by atoms with E-state index in [9.17, 15) is 13.8 Å². The standard InChI is InChI=1S/C14H24N2O3S/c1-10(9-20(3)19)16-11(2)12(17)15-14(13(16)18)7-5-4-6-8-14/h10-11H,4-9H2,1-3H3,(H,15,17). The van der Waals surface area contributed by atoms with Crippen molar-refractivity contribution in [2.75, 3.05) is 12.0 Å². The number of nitrogens with zero attached hydrogens (tertiary/aromatic N) is 1. The molecule has 1 heterocycles. The summed E-state index contributed by atoms with van der Waals surface area (Å²) in [5.41, 5.74) is -0.703. The molecule has 3 atom stereocenters. The van der Waals surface area contributed by atoms with Crippen LogP contribution in [-0.2, 0) is 20.4 Å². The van der Waals surface area contributed by atoms with Gasteiger partial charge in [0, 0.05) is 28.9 Å². The van der Waals surface area contributed by atoms with Gasteiger partial charge in [-0.05, 0) is 26.7 Å². The van der Waals surface area contributed by atoms with Crippen LogP contribution in [0.15, 0.2) is 0 Å². The van der Waals surface area contributed by atoms with Crippen LogP contribution in [0.1, 0.15) is 46.0 Å². The lowest BCUT2D eigenvalue weighted by Crippen LogP contribution is -2.72. The van der Waals surface area contributed by atoms with Crippen molar-refractivity contribution in [2.24, 2.45) is 0 Å². The summed E-state index contributed by atoms with van der Waals surface area (Å²) in [5.74, 6) is 0.349. The van der Waals surface area contributed by atoms with Crippen molar-refractivity contribution in [3.8, 4) is 0 Å². The van der Waals surface area contributed by atoms with Crippen LogP contribution >= 0.6 is 0 Å². The molecule has 2 aliphatic rings. The zero-order chi connectivity index (χ0) is 14.9. The van der Waals surface area contributed by atoms with Gasteiger partial charge in [-0.1, -0.05) is 19.3 Å². The molecule has 114 valence electrons. The van der Waals surface area contributed by atoms with Crippen molar-refractivity contribution in [2.45, 2.75) is 63.6 Å². The van der Waals surface area contributed by atoms with E-state index in [4.69, 9.17) is 0 Å². The highest BCUT2D eigenvalue weighted by atomic mass is 32.2. The van der Waals surface area contributed by atoms with Gasteiger partial charge in [-0.3, -0.25) is 13.8 Å². The molecule has 0 aromatic heterocycles. The minimum Gasteiger partial charge on any atom is -0.340 e. The van der Waals surface area contributed by atoms with Gasteiger partial charge in [-0.15, -0.1) is 0 Å². The Morgan fingerprint density at radius 2 is 1.95 bits per heavy atom. The Hall–Kier alpha value is -0.910. The molecule has 1 saturated carbocycles. The fourth-order valence-corrected chi connectivity index (χ4v) is 4.28. The molecule has 1 spiro atoms. The first kappa shape index (κ1) is 15.5. The third-order valence-corrected chi connectivity index (χ3v) is 5.41. The summed E-state index contributed by atoms with van der Waals surface area (Å²) >= 11 is 0. The summed E-state index contributed by atoms with van der Waals surface area (Å²) in [6.07, 6.45) is 6.15. The number of hydrogen-bond donors (Lipinski definition) is 1. The Morgan fingerprint density at radius 3 is 2.50 bits per heavy atom. The van der Waals surface area contributed by atoms with Crippen LogP contribution in [0.3, 0.4) is 0 Å². The van der Waals surface area contributed by atoms with Gasteiger partial charge in [0.2, 0.25) is 11.8 Å². The second-order valence-corrected chi connectivity index (χ2v) is 7.59.